The highest BCUT2D eigenvalue weighted by Gasteiger charge is 2.51. The van der Waals surface area contributed by atoms with Crippen LogP contribution in [0.15, 0.2) is 164 Å². The van der Waals surface area contributed by atoms with Gasteiger partial charge in [-0.25, -0.2) is 0 Å². The van der Waals surface area contributed by atoms with Gasteiger partial charge in [0, 0.05) is 11.8 Å². The summed E-state index contributed by atoms with van der Waals surface area (Å²) < 4.78 is 0. The van der Waals surface area contributed by atoms with Crippen molar-refractivity contribution >= 4 is 49.9 Å². The number of rotatable bonds is 4. The van der Waals surface area contributed by atoms with Gasteiger partial charge in [0.05, 0.1) is 0 Å². The van der Waals surface area contributed by atoms with Crippen LogP contribution in [0.2, 0.25) is 0 Å². The predicted molar refractivity (Wildman–Crippen MR) is 321 cm³/mol. The molecule has 0 N–H and O–H groups in total. The zero-order chi connectivity index (χ0) is 51.4. The average Bonchev–Trinajstić information content (AvgIpc) is 4.02. The molecule has 366 valence electrons. The van der Waals surface area contributed by atoms with E-state index in [2.05, 4.69) is 253 Å². The van der Waals surface area contributed by atoms with Crippen LogP contribution in [0.5, 0.6) is 0 Å². The summed E-state index contributed by atoms with van der Waals surface area (Å²) >= 11 is 0. The molecule has 5 aliphatic rings. The molecule has 0 amide bonds. The lowest BCUT2D eigenvalue weighted by atomic mass is 9.71. The van der Waals surface area contributed by atoms with E-state index in [4.69, 9.17) is 0 Å². The summed E-state index contributed by atoms with van der Waals surface area (Å²) in [5, 5.41) is 5.20. The van der Waals surface area contributed by atoms with Gasteiger partial charge in [-0.05, 0) is 191 Å². The maximum Gasteiger partial charge on any atom is 0.0212 e. The van der Waals surface area contributed by atoms with Crippen molar-refractivity contribution in [3.05, 3.63) is 219 Å². The molecule has 0 heteroatoms. The van der Waals surface area contributed by atoms with Crippen molar-refractivity contribution in [2.24, 2.45) is 11.8 Å². The number of fused-ring (bicyclic) bond motifs is 9. The van der Waals surface area contributed by atoms with Crippen LogP contribution in [0.1, 0.15) is 145 Å². The third kappa shape index (κ3) is 7.14. The second-order valence-electron chi connectivity index (χ2n) is 26.4. The maximum atomic E-state index is 2.59. The van der Waals surface area contributed by atoms with Crippen molar-refractivity contribution in [1.82, 2.24) is 0 Å². The average molecular weight is 959 g/mol. The van der Waals surface area contributed by atoms with Crippen molar-refractivity contribution in [2.75, 3.05) is 0 Å². The first-order valence-corrected chi connectivity index (χ1v) is 27.5. The number of hydrogen-bond donors (Lipinski definition) is 0. The zero-order valence-electron chi connectivity index (χ0n) is 45.7. The number of hydrogen-bond acceptors (Lipinski definition) is 0. The normalized spacial score (nSPS) is 17.6. The lowest BCUT2D eigenvalue weighted by Gasteiger charge is -2.31. The summed E-state index contributed by atoms with van der Waals surface area (Å²) in [6.07, 6.45) is 17.3. The summed E-state index contributed by atoms with van der Waals surface area (Å²) in [6.45, 7) is 28.5. The molecule has 0 saturated heterocycles. The minimum Gasteiger partial charge on any atom is -0.0836 e. The Labute approximate surface area is 441 Å². The first-order valence-electron chi connectivity index (χ1n) is 27.5. The van der Waals surface area contributed by atoms with E-state index in [1.165, 1.54) is 144 Å². The van der Waals surface area contributed by atoms with Gasteiger partial charge in [-0.15, -0.1) is 0 Å². The van der Waals surface area contributed by atoms with E-state index < -0.39 is 0 Å². The molecule has 8 aromatic rings. The van der Waals surface area contributed by atoms with E-state index in [-0.39, 0.29) is 33.5 Å². The lowest BCUT2D eigenvalue weighted by Crippen LogP contribution is -2.18. The van der Waals surface area contributed by atoms with E-state index in [0.29, 0.717) is 0 Å². The molecule has 0 nitrogen and oxygen atoms in total. The summed E-state index contributed by atoms with van der Waals surface area (Å²) in [4.78, 5) is 0. The van der Waals surface area contributed by atoms with E-state index in [1.54, 1.807) is 0 Å². The number of allylic oxidation sites excluding steroid dienone is 9. The molecule has 0 heterocycles. The summed E-state index contributed by atoms with van der Waals surface area (Å²) in [7, 11) is 0. The van der Waals surface area contributed by atoms with E-state index in [9.17, 15) is 0 Å². The molecule has 0 fully saturated rings. The fourth-order valence-corrected chi connectivity index (χ4v) is 13.5. The Kier molecular flexibility index (Phi) is 10.3. The van der Waals surface area contributed by atoms with Gasteiger partial charge < -0.3 is 0 Å². The first kappa shape index (κ1) is 46.7. The Bertz CT molecular complexity index is 3820. The van der Waals surface area contributed by atoms with E-state index in [0.717, 1.165) is 12.8 Å². The van der Waals surface area contributed by atoms with Gasteiger partial charge >= 0.3 is 0 Å². The second kappa shape index (κ2) is 16.2. The fraction of sp³-hybridized carbons (Fsp3) is 0.270. The maximum absolute atomic E-state index is 2.59. The largest absolute Gasteiger partial charge is 0.0836 e. The van der Waals surface area contributed by atoms with Gasteiger partial charge in [0.2, 0.25) is 0 Å². The van der Waals surface area contributed by atoms with Crippen LogP contribution in [0.4, 0.5) is 0 Å². The van der Waals surface area contributed by atoms with Gasteiger partial charge in [0.25, 0.3) is 0 Å². The molecule has 13 rings (SSSR count). The monoisotopic (exact) mass is 959 g/mol. The van der Waals surface area contributed by atoms with Gasteiger partial charge in [0.15, 0.2) is 0 Å². The molecule has 2 unspecified atom stereocenters. The Morgan fingerprint density at radius 2 is 0.689 bits per heavy atom. The van der Waals surface area contributed by atoms with E-state index in [1.807, 2.05) is 0 Å². The predicted octanol–water partition coefficient (Wildman–Crippen LogP) is 20.3. The zero-order valence-corrected chi connectivity index (χ0v) is 45.7. The highest BCUT2D eigenvalue weighted by Crippen LogP contribution is 2.69. The van der Waals surface area contributed by atoms with Crippen LogP contribution in [0, 0.1) is 11.8 Å². The smallest absolute Gasteiger partial charge is 0.0212 e. The first-order chi connectivity index (χ1) is 35.3. The molecular formula is C74H70. The third-order valence-electron chi connectivity index (χ3n) is 17.4. The molecule has 5 aliphatic carbocycles. The Morgan fingerprint density at radius 3 is 1.11 bits per heavy atom. The molecule has 0 aliphatic heterocycles. The van der Waals surface area contributed by atoms with Crippen LogP contribution < -0.4 is 0 Å². The quantitative estimate of drug-likeness (QED) is 0.154. The van der Waals surface area contributed by atoms with Crippen LogP contribution in [0.25, 0.3) is 94.4 Å². The SMILES string of the molecule is CC(C)(C)c1cc(-c2c3c(c(-c4ccccc4)c4c2C2=CC=C5c6c(c(-c7cc(C(C)(C)C)cc(C(C)(C)C)c7)c7cc8ccccc8cc7c6-c6ccccc6)C6=CC=C4C2C56)CCC=C3)cc(C(C)(C)C)c1. The van der Waals surface area contributed by atoms with Crippen molar-refractivity contribution in [3.63, 3.8) is 0 Å². The van der Waals surface area contributed by atoms with E-state index >= 15 is 0 Å². The lowest BCUT2D eigenvalue weighted by molar-refractivity contribution is 0.568. The minimum atomic E-state index is -0.0407. The summed E-state index contributed by atoms with van der Waals surface area (Å²) in [6, 6.07) is 52.0. The molecule has 0 bridgehead atoms. The molecule has 0 spiro atoms. The Morgan fingerprint density at radius 1 is 0.338 bits per heavy atom. The summed E-state index contributed by atoms with van der Waals surface area (Å²) in [5.74, 6) is 0.303. The standard InChI is InChI=1S/C74H70/c1-71(2,3)49-35-47(36-50(41-49)72(4,5)6)63-54-30-22-21-29-53(54)61(43-23-15-13-16-24-43)67-55-31-34-58-66-56(32-33-57(65(55)66)69(63)67)68-62(44-25-17-14-18-26-44)59-39-45-27-19-20-28-46(45)40-60(59)64(70(58)68)48-37-51(73(7,8)9)42-52(38-48)74(10,11)12/h13-20,22-28,30-42,65-66H,21,29H2,1-12H3. The van der Waals surface area contributed by atoms with Crippen LogP contribution in [0.3, 0.4) is 0 Å². The number of benzene rings is 8. The highest BCUT2D eigenvalue weighted by molar-refractivity contribution is 6.23. The van der Waals surface area contributed by atoms with Crippen molar-refractivity contribution in [3.8, 4) is 44.5 Å². The third-order valence-corrected chi connectivity index (χ3v) is 17.4. The van der Waals surface area contributed by atoms with Crippen molar-refractivity contribution in [2.45, 2.75) is 118 Å². The fourth-order valence-electron chi connectivity index (χ4n) is 13.5. The minimum absolute atomic E-state index is 0.0185. The molecule has 0 aromatic heterocycles. The Hall–Kier alpha value is -7.02. The van der Waals surface area contributed by atoms with Crippen LogP contribution in [-0.2, 0) is 28.1 Å². The van der Waals surface area contributed by atoms with Gasteiger partial charge in [-0.3, -0.25) is 0 Å². The van der Waals surface area contributed by atoms with Crippen LogP contribution >= 0.6 is 0 Å². The second-order valence-corrected chi connectivity index (χ2v) is 26.4. The molecule has 0 saturated carbocycles. The van der Waals surface area contributed by atoms with Gasteiger partial charge in [0.1, 0.15) is 0 Å². The topological polar surface area (TPSA) is 0 Å². The summed E-state index contributed by atoms with van der Waals surface area (Å²) in [5.41, 5.74) is 30.7. The van der Waals surface area contributed by atoms with Crippen LogP contribution in [-0.4, -0.2) is 0 Å². The molecule has 2 atom stereocenters. The Balaban J connectivity index is 1.18. The molecule has 8 aromatic carbocycles. The van der Waals surface area contributed by atoms with Gasteiger partial charge in [-0.1, -0.05) is 241 Å². The molecule has 74 heavy (non-hydrogen) atoms. The van der Waals surface area contributed by atoms with Gasteiger partial charge in [-0.2, -0.15) is 0 Å². The molecule has 0 radical (unpaired) electrons. The highest BCUT2D eigenvalue weighted by atomic mass is 14.5. The van der Waals surface area contributed by atoms with Crippen molar-refractivity contribution in [1.29, 1.82) is 0 Å². The van der Waals surface area contributed by atoms with Crippen molar-refractivity contribution < 1.29 is 0 Å². The molecular weight excluding hydrogens is 889 g/mol.